The van der Waals surface area contributed by atoms with Crippen LogP contribution in [0.3, 0.4) is 0 Å². The SMILES string of the molecule is ON=C1CSC(=NO)CN1. The highest BCUT2D eigenvalue weighted by atomic mass is 32.2. The number of rotatable bonds is 0. The maximum Gasteiger partial charge on any atom is 0.152 e. The van der Waals surface area contributed by atoms with Gasteiger partial charge in [-0.3, -0.25) is 0 Å². The molecule has 56 valence electrons. The Morgan fingerprint density at radius 1 is 1.40 bits per heavy atom. The molecule has 0 radical (unpaired) electrons. The zero-order valence-electron chi connectivity index (χ0n) is 5.11. The number of amidine groups is 1. The number of nitrogens with zero attached hydrogens (tertiary/aromatic N) is 2. The molecule has 0 aromatic rings. The molecule has 10 heavy (non-hydrogen) atoms. The second-order valence-electron chi connectivity index (χ2n) is 1.68. The van der Waals surface area contributed by atoms with E-state index in [4.69, 9.17) is 10.4 Å². The second kappa shape index (κ2) is 3.31. The van der Waals surface area contributed by atoms with Crippen molar-refractivity contribution in [2.24, 2.45) is 10.3 Å². The molecule has 1 fully saturated rings. The molecule has 0 unspecified atom stereocenters. The van der Waals surface area contributed by atoms with Gasteiger partial charge < -0.3 is 15.7 Å². The fraction of sp³-hybridized carbons (Fsp3) is 0.500. The van der Waals surface area contributed by atoms with Crippen LogP contribution >= 0.6 is 11.8 Å². The zero-order chi connectivity index (χ0) is 7.40. The third-order valence-corrected chi connectivity index (χ3v) is 2.03. The van der Waals surface area contributed by atoms with Gasteiger partial charge in [0.2, 0.25) is 0 Å². The van der Waals surface area contributed by atoms with E-state index < -0.39 is 0 Å². The van der Waals surface area contributed by atoms with Crippen molar-refractivity contribution >= 4 is 22.6 Å². The van der Waals surface area contributed by atoms with Crippen LogP contribution in [-0.4, -0.2) is 33.6 Å². The third-order valence-electron chi connectivity index (χ3n) is 1.05. The van der Waals surface area contributed by atoms with Gasteiger partial charge in [0.15, 0.2) is 5.84 Å². The summed E-state index contributed by atoms with van der Waals surface area (Å²) in [5.41, 5.74) is 0. The van der Waals surface area contributed by atoms with Gasteiger partial charge in [-0.05, 0) is 0 Å². The Hall–Kier alpha value is -0.910. The fourth-order valence-electron chi connectivity index (χ4n) is 0.560. The van der Waals surface area contributed by atoms with Crippen LogP contribution < -0.4 is 5.32 Å². The summed E-state index contributed by atoms with van der Waals surface area (Å²) in [6, 6.07) is 0. The van der Waals surface area contributed by atoms with Crippen LogP contribution in [0.15, 0.2) is 10.3 Å². The van der Waals surface area contributed by atoms with E-state index in [1.165, 1.54) is 11.8 Å². The average molecular weight is 161 g/mol. The van der Waals surface area contributed by atoms with Crippen molar-refractivity contribution in [2.45, 2.75) is 0 Å². The Labute approximate surface area is 61.8 Å². The maximum absolute atomic E-state index is 8.27. The molecule has 0 spiro atoms. The van der Waals surface area contributed by atoms with E-state index in [1.807, 2.05) is 0 Å². The molecule has 1 saturated heterocycles. The first kappa shape index (κ1) is 7.20. The summed E-state index contributed by atoms with van der Waals surface area (Å²) >= 11 is 1.34. The van der Waals surface area contributed by atoms with Crippen molar-refractivity contribution in [3.05, 3.63) is 0 Å². The van der Waals surface area contributed by atoms with Crippen molar-refractivity contribution in [1.82, 2.24) is 5.32 Å². The molecule has 5 nitrogen and oxygen atoms in total. The van der Waals surface area contributed by atoms with Crippen LogP contribution in [0, 0.1) is 0 Å². The first-order valence-corrected chi connectivity index (χ1v) is 3.64. The van der Waals surface area contributed by atoms with E-state index >= 15 is 0 Å². The van der Waals surface area contributed by atoms with Gasteiger partial charge >= 0.3 is 0 Å². The van der Waals surface area contributed by atoms with Gasteiger partial charge in [-0.15, -0.1) is 0 Å². The van der Waals surface area contributed by atoms with Crippen molar-refractivity contribution in [1.29, 1.82) is 0 Å². The van der Waals surface area contributed by atoms with Gasteiger partial charge in [-0.2, -0.15) is 0 Å². The van der Waals surface area contributed by atoms with E-state index in [0.717, 1.165) is 0 Å². The van der Waals surface area contributed by atoms with E-state index in [1.54, 1.807) is 0 Å². The number of hydrogen-bond acceptors (Lipinski definition) is 5. The maximum atomic E-state index is 8.27. The van der Waals surface area contributed by atoms with Crippen LogP contribution in [0.2, 0.25) is 0 Å². The lowest BCUT2D eigenvalue weighted by Crippen LogP contribution is -2.35. The summed E-state index contributed by atoms with van der Waals surface area (Å²) in [5, 5.41) is 25.9. The van der Waals surface area contributed by atoms with Crippen LogP contribution in [-0.2, 0) is 0 Å². The normalized spacial score (nSPS) is 26.8. The molecule has 6 heteroatoms. The van der Waals surface area contributed by atoms with Crippen molar-refractivity contribution < 1.29 is 10.4 Å². The summed E-state index contributed by atoms with van der Waals surface area (Å²) in [6.45, 7) is 0.431. The Bertz CT molecular complexity index is 147. The first-order chi connectivity index (χ1) is 4.86. The molecule has 0 aliphatic carbocycles. The van der Waals surface area contributed by atoms with Crippen molar-refractivity contribution in [3.63, 3.8) is 0 Å². The Kier molecular flexibility index (Phi) is 2.38. The zero-order valence-corrected chi connectivity index (χ0v) is 5.93. The summed E-state index contributed by atoms with van der Waals surface area (Å²) in [7, 11) is 0. The van der Waals surface area contributed by atoms with Gasteiger partial charge in [0, 0.05) is 0 Å². The van der Waals surface area contributed by atoms with Crippen LogP contribution in [0.25, 0.3) is 0 Å². The minimum Gasteiger partial charge on any atom is -0.410 e. The highest BCUT2D eigenvalue weighted by molar-refractivity contribution is 8.14. The molecule has 1 aliphatic heterocycles. The smallest absolute Gasteiger partial charge is 0.152 e. The van der Waals surface area contributed by atoms with Crippen LogP contribution in [0.4, 0.5) is 0 Å². The minimum absolute atomic E-state index is 0.431. The number of oxime groups is 2. The van der Waals surface area contributed by atoms with Crippen LogP contribution in [0.1, 0.15) is 0 Å². The Morgan fingerprint density at radius 3 is 2.60 bits per heavy atom. The molecular weight excluding hydrogens is 154 g/mol. The van der Waals surface area contributed by atoms with Crippen molar-refractivity contribution in [3.8, 4) is 0 Å². The van der Waals surface area contributed by atoms with Gasteiger partial charge in [-0.1, -0.05) is 22.1 Å². The van der Waals surface area contributed by atoms with Gasteiger partial charge in [0.25, 0.3) is 0 Å². The van der Waals surface area contributed by atoms with E-state index in [2.05, 4.69) is 15.6 Å². The summed E-state index contributed by atoms with van der Waals surface area (Å²) in [6.07, 6.45) is 0. The fourth-order valence-corrected chi connectivity index (χ4v) is 1.25. The predicted octanol–water partition coefficient (Wildman–Crippen LogP) is -0.102. The summed E-state index contributed by atoms with van der Waals surface area (Å²) in [5.74, 6) is 1.04. The van der Waals surface area contributed by atoms with E-state index in [9.17, 15) is 0 Å². The van der Waals surface area contributed by atoms with Gasteiger partial charge in [0.05, 0.1) is 12.3 Å². The molecule has 1 rings (SSSR count). The Balaban J connectivity index is 2.46. The number of thioether (sulfide) groups is 1. The molecule has 3 N–H and O–H groups in total. The summed E-state index contributed by atoms with van der Waals surface area (Å²) in [4.78, 5) is 0. The largest absolute Gasteiger partial charge is 0.410 e. The number of nitrogens with one attached hydrogen (secondary N) is 1. The first-order valence-electron chi connectivity index (χ1n) is 2.65. The molecule has 0 aromatic carbocycles. The van der Waals surface area contributed by atoms with Crippen molar-refractivity contribution in [2.75, 3.05) is 12.3 Å². The molecule has 1 aliphatic rings. The van der Waals surface area contributed by atoms with Gasteiger partial charge in [0.1, 0.15) is 5.04 Å². The average Bonchev–Trinajstić information content (AvgIpc) is 2.05. The van der Waals surface area contributed by atoms with E-state index in [-0.39, 0.29) is 0 Å². The molecule has 0 saturated carbocycles. The topological polar surface area (TPSA) is 77.2 Å². The lowest BCUT2D eigenvalue weighted by atomic mass is 10.6. The highest BCUT2D eigenvalue weighted by Gasteiger charge is 2.12. The molecule has 0 aromatic heterocycles. The van der Waals surface area contributed by atoms with E-state index in [0.29, 0.717) is 23.2 Å². The minimum atomic E-state index is 0.431. The molecular formula is C4H7N3O2S. The lowest BCUT2D eigenvalue weighted by molar-refractivity contribution is 0.315. The second-order valence-corrected chi connectivity index (χ2v) is 2.73. The lowest BCUT2D eigenvalue weighted by Gasteiger charge is -2.13. The standard InChI is InChI=1S/C4H7N3O2S/c8-6-3-2-10-4(7-9)1-5-3/h8-9H,1-2H2,(H,5,6). The van der Waals surface area contributed by atoms with Gasteiger partial charge in [-0.25, -0.2) is 0 Å². The molecule has 1 heterocycles. The molecule has 0 bridgehead atoms. The third kappa shape index (κ3) is 1.53. The monoisotopic (exact) mass is 161 g/mol. The quantitative estimate of drug-likeness (QED) is 0.342. The van der Waals surface area contributed by atoms with Crippen LogP contribution in [0.5, 0.6) is 0 Å². The number of hydrogen-bond donors (Lipinski definition) is 3. The Morgan fingerprint density at radius 2 is 2.20 bits per heavy atom. The summed E-state index contributed by atoms with van der Waals surface area (Å²) < 4.78 is 0. The molecule has 0 amide bonds. The molecule has 0 atom stereocenters. The predicted molar refractivity (Wildman–Crippen MR) is 38.9 cm³/mol. The highest BCUT2D eigenvalue weighted by Crippen LogP contribution is 2.07.